The van der Waals surface area contributed by atoms with Crippen LogP contribution in [-0.4, -0.2) is 37.0 Å². The second kappa shape index (κ2) is 11.4. The fourth-order valence-electron chi connectivity index (χ4n) is 5.57. The molecule has 0 bridgehead atoms. The van der Waals surface area contributed by atoms with Crippen LogP contribution in [0.5, 0.6) is 11.5 Å². The molecule has 3 aliphatic rings. The number of Topliss-reactive ketones (excluding diaryl/α,β-unsaturated/α-hetero) is 1. The molecule has 2 aromatic rings. The molecule has 34 heavy (non-hydrogen) atoms. The van der Waals surface area contributed by atoms with Crippen molar-refractivity contribution in [3.63, 3.8) is 0 Å². The van der Waals surface area contributed by atoms with Crippen molar-refractivity contribution in [2.24, 2.45) is 5.92 Å². The molecule has 2 aromatic carbocycles. The molecular formula is C29H36ClNO3. The molecule has 0 amide bonds. The van der Waals surface area contributed by atoms with Gasteiger partial charge >= 0.3 is 0 Å². The summed E-state index contributed by atoms with van der Waals surface area (Å²) in [6, 6.07) is 14.6. The van der Waals surface area contributed by atoms with Gasteiger partial charge in [0.1, 0.15) is 0 Å². The molecule has 182 valence electrons. The third-order valence-corrected chi connectivity index (χ3v) is 7.47. The van der Waals surface area contributed by atoms with Crippen LogP contribution in [0.4, 0.5) is 0 Å². The van der Waals surface area contributed by atoms with Crippen molar-refractivity contribution >= 4 is 18.2 Å². The van der Waals surface area contributed by atoms with E-state index < -0.39 is 0 Å². The van der Waals surface area contributed by atoms with Gasteiger partial charge in [-0.1, -0.05) is 42.8 Å². The maximum Gasteiger partial charge on any atom is 0.189 e. The number of hydrogen-bond acceptors (Lipinski definition) is 4. The molecule has 1 heterocycles. The van der Waals surface area contributed by atoms with Crippen LogP contribution in [-0.2, 0) is 13.0 Å². The van der Waals surface area contributed by atoms with E-state index in [4.69, 9.17) is 9.47 Å². The monoisotopic (exact) mass is 481 g/mol. The van der Waals surface area contributed by atoms with Crippen LogP contribution in [0, 0.1) is 5.92 Å². The van der Waals surface area contributed by atoms with Crippen molar-refractivity contribution in [2.75, 3.05) is 20.2 Å². The highest BCUT2D eigenvalue weighted by Gasteiger charge is 2.29. The number of carbonyl (C=O) groups excluding carboxylic acids is 1. The lowest BCUT2D eigenvalue weighted by Crippen LogP contribution is -2.32. The Balaban J connectivity index is 0.00000274. The number of allylic oxidation sites excluding steroid dienone is 2. The van der Waals surface area contributed by atoms with Gasteiger partial charge in [0.05, 0.1) is 13.2 Å². The number of piperidine rings is 1. The zero-order valence-corrected chi connectivity index (χ0v) is 20.9. The maximum atomic E-state index is 13.2. The molecule has 5 heteroatoms. The van der Waals surface area contributed by atoms with E-state index in [-0.39, 0.29) is 24.3 Å². The summed E-state index contributed by atoms with van der Waals surface area (Å²) in [5, 5.41) is 0. The number of nitrogens with zero attached hydrogens (tertiary/aromatic N) is 1. The molecule has 1 saturated carbocycles. The Morgan fingerprint density at radius 1 is 0.971 bits per heavy atom. The van der Waals surface area contributed by atoms with Gasteiger partial charge in [-0.3, -0.25) is 9.69 Å². The molecule has 0 unspecified atom stereocenters. The van der Waals surface area contributed by atoms with E-state index in [1.165, 1.54) is 24.8 Å². The number of methoxy groups -OCH3 is 1. The van der Waals surface area contributed by atoms with Gasteiger partial charge in [-0.2, -0.15) is 0 Å². The molecule has 2 aliphatic carbocycles. The average molecular weight is 482 g/mol. The molecule has 0 N–H and O–H groups in total. The highest BCUT2D eigenvalue weighted by molar-refractivity contribution is 6.13. The zero-order chi connectivity index (χ0) is 22.6. The van der Waals surface area contributed by atoms with Gasteiger partial charge < -0.3 is 9.47 Å². The summed E-state index contributed by atoms with van der Waals surface area (Å²) in [6.07, 6.45) is 11.4. The van der Waals surface area contributed by atoms with Crippen molar-refractivity contribution < 1.29 is 14.3 Å². The van der Waals surface area contributed by atoms with Crippen LogP contribution in [0.25, 0.3) is 0 Å². The fraction of sp³-hybridized carbons (Fsp3) is 0.483. The van der Waals surface area contributed by atoms with E-state index in [2.05, 4.69) is 47.4 Å². The van der Waals surface area contributed by atoms with Gasteiger partial charge in [0.25, 0.3) is 0 Å². The Hall–Kier alpha value is -2.30. The van der Waals surface area contributed by atoms with Crippen LogP contribution in [0.3, 0.4) is 0 Å². The minimum absolute atomic E-state index is 0. The Kier molecular flexibility index (Phi) is 8.33. The van der Waals surface area contributed by atoms with Crippen molar-refractivity contribution in [3.8, 4) is 11.5 Å². The smallest absolute Gasteiger partial charge is 0.189 e. The number of ketones is 1. The van der Waals surface area contributed by atoms with Crippen molar-refractivity contribution in [2.45, 2.75) is 64.0 Å². The number of fused-ring (bicyclic) bond motifs is 1. The molecule has 2 fully saturated rings. The van der Waals surface area contributed by atoms with E-state index in [9.17, 15) is 4.79 Å². The Morgan fingerprint density at radius 3 is 2.41 bits per heavy atom. The minimum Gasteiger partial charge on any atom is -0.493 e. The highest BCUT2D eigenvalue weighted by atomic mass is 35.5. The molecule has 1 aliphatic heterocycles. The van der Waals surface area contributed by atoms with Gasteiger partial charge in [0.2, 0.25) is 0 Å². The fourth-order valence-corrected chi connectivity index (χ4v) is 5.57. The van der Waals surface area contributed by atoms with Crippen molar-refractivity contribution in [3.05, 3.63) is 70.8 Å². The topological polar surface area (TPSA) is 38.8 Å². The first-order valence-electron chi connectivity index (χ1n) is 12.6. The van der Waals surface area contributed by atoms with Gasteiger partial charge in [-0.15, -0.1) is 12.4 Å². The molecule has 1 saturated heterocycles. The second-order valence-electron chi connectivity index (χ2n) is 9.84. The van der Waals surface area contributed by atoms with Gasteiger partial charge in [0, 0.05) is 24.1 Å². The molecule has 0 radical (unpaired) electrons. The average Bonchev–Trinajstić information content (AvgIpc) is 3.15. The summed E-state index contributed by atoms with van der Waals surface area (Å²) in [6.45, 7) is 3.17. The molecule has 0 spiro atoms. The molecule has 0 atom stereocenters. The van der Waals surface area contributed by atoms with Crippen molar-refractivity contribution in [1.29, 1.82) is 0 Å². The Bertz CT molecular complexity index is 1010. The Morgan fingerprint density at radius 2 is 1.71 bits per heavy atom. The van der Waals surface area contributed by atoms with Crippen LogP contribution < -0.4 is 9.47 Å². The lowest BCUT2D eigenvalue weighted by molar-refractivity contribution is 0.103. The maximum absolute atomic E-state index is 13.2. The van der Waals surface area contributed by atoms with E-state index in [1.54, 1.807) is 7.11 Å². The largest absolute Gasteiger partial charge is 0.493 e. The quantitative estimate of drug-likeness (QED) is 0.447. The number of carbonyl (C=O) groups is 1. The van der Waals surface area contributed by atoms with Gasteiger partial charge in [-0.05, 0) is 80.8 Å². The van der Waals surface area contributed by atoms with E-state index in [0.717, 1.165) is 67.8 Å². The molecule has 4 nitrogen and oxygen atoms in total. The van der Waals surface area contributed by atoms with Crippen LogP contribution in [0.1, 0.15) is 66.4 Å². The highest BCUT2D eigenvalue weighted by Crippen LogP contribution is 2.39. The lowest BCUT2D eigenvalue weighted by atomic mass is 9.93. The van der Waals surface area contributed by atoms with Crippen LogP contribution >= 0.6 is 12.4 Å². The molecule has 5 rings (SSSR count). The number of benzene rings is 2. The Labute approximate surface area is 209 Å². The predicted molar refractivity (Wildman–Crippen MR) is 138 cm³/mol. The summed E-state index contributed by atoms with van der Waals surface area (Å²) < 4.78 is 11.9. The number of rotatable bonds is 6. The summed E-state index contributed by atoms with van der Waals surface area (Å²) in [7, 11) is 1.66. The van der Waals surface area contributed by atoms with E-state index >= 15 is 0 Å². The summed E-state index contributed by atoms with van der Waals surface area (Å²) in [5.41, 5.74) is 4.19. The number of likely N-dealkylation sites (tertiary alicyclic amines) is 1. The van der Waals surface area contributed by atoms with Gasteiger partial charge in [0.15, 0.2) is 17.3 Å². The first kappa shape index (κ1) is 24.8. The minimum atomic E-state index is 0. The number of halogens is 1. The zero-order valence-electron chi connectivity index (χ0n) is 20.1. The number of ether oxygens (including phenoxy) is 2. The molecular weight excluding hydrogens is 446 g/mol. The normalized spacial score (nSPS) is 20.7. The van der Waals surface area contributed by atoms with E-state index in [0.29, 0.717) is 18.1 Å². The SMILES string of the molecule is COc1cc2c(cc1OC1CCCCC1)CC(=CC1CCN(Cc3ccccc3)CC1)C2=O.Cl. The standard InChI is InChI=1S/C29H35NO3.ClH/c1-32-27-19-26-23(18-28(27)33-25-10-6-3-7-11-25)17-24(29(26)31)16-21-12-14-30(15-13-21)20-22-8-4-2-5-9-22;/h2,4-5,8-9,16,18-19,21,25H,3,6-7,10-15,17,20H2,1H3;1H. The molecule has 0 aromatic heterocycles. The third-order valence-electron chi connectivity index (χ3n) is 7.47. The predicted octanol–water partition coefficient (Wildman–Crippen LogP) is 6.41. The van der Waals surface area contributed by atoms with Crippen molar-refractivity contribution in [1.82, 2.24) is 4.90 Å². The van der Waals surface area contributed by atoms with Gasteiger partial charge in [-0.25, -0.2) is 0 Å². The summed E-state index contributed by atoms with van der Waals surface area (Å²) in [4.78, 5) is 15.7. The van der Waals surface area contributed by atoms with Crippen LogP contribution in [0.15, 0.2) is 54.1 Å². The first-order chi connectivity index (χ1) is 16.2. The summed E-state index contributed by atoms with van der Waals surface area (Å²) >= 11 is 0. The van der Waals surface area contributed by atoms with E-state index in [1.807, 2.05) is 6.07 Å². The first-order valence-corrected chi connectivity index (χ1v) is 12.6. The lowest BCUT2D eigenvalue weighted by Gasteiger charge is -2.30. The number of hydrogen-bond donors (Lipinski definition) is 0. The second-order valence-corrected chi connectivity index (χ2v) is 9.84. The van der Waals surface area contributed by atoms with Crippen LogP contribution in [0.2, 0.25) is 0 Å². The third kappa shape index (κ3) is 5.67. The summed E-state index contributed by atoms with van der Waals surface area (Å²) in [5.74, 6) is 2.12.